The lowest BCUT2D eigenvalue weighted by Gasteiger charge is -2.16. The van der Waals surface area contributed by atoms with Crippen molar-refractivity contribution < 1.29 is 19.3 Å². The van der Waals surface area contributed by atoms with Crippen LogP contribution in [-0.4, -0.2) is 58.1 Å². The van der Waals surface area contributed by atoms with Gasteiger partial charge in [0.25, 0.3) is 0 Å². The van der Waals surface area contributed by atoms with Gasteiger partial charge in [-0.05, 0) is 44.9 Å². The number of nitrogens with one attached hydrogen (secondary N) is 2. The van der Waals surface area contributed by atoms with Crippen molar-refractivity contribution >= 4 is 5.96 Å². The number of guanidine groups is 1. The molecule has 26 heavy (non-hydrogen) atoms. The first-order valence-electron chi connectivity index (χ1n) is 9.16. The molecule has 0 bridgehead atoms. The minimum Gasteiger partial charge on any atom is -0.497 e. The lowest BCUT2D eigenvalue weighted by Crippen LogP contribution is -2.38. The average molecular weight is 367 g/mol. The van der Waals surface area contributed by atoms with Crippen molar-refractivity contribution in [3.8, 4) is 11.5 Å². The second-order valence-electron chi connectivity index (χ2n) is 5.67. The molecule has 148 valence electrons. The SMILES string of the molecule is CCNC(=NCC(O)c1cc(OC)ccc1OC)NCCCCOCC. The van der Waals surface area contributed by atoms with Crippen molar-refractivity contribution in [2.75, 3.05) is 47.1 Å². The molecular formula is C19H33N3O4. The van der Waals surface area contributed by atoms with Gasteiger partial charge in [0.1, 0.15) is 17.6 Å². The smallest absolute Gasteiger partial charge is 0.191 e. The summed E-state index contributed by atoms with van der Waals surface area (Å²) in [5.74, 6) is 1.97. The molecule has 0 saturated heterocycles. The van der Waals surface area contributed by atoms with E-state index in [2.05, 4.69) is 15.6 Å². The van der Waals surface area contributed by atoms with Crippen LogP contribution in [0.4, 0.5) is 0 Å². The zero-order valence-electron chi connectivity index (χ0n) is 16.4. The molecule has 7 heteroatoms. The Morgan fingerprint density at radius 2 is 1.96 bits per heavy atom. The van der Waals surface area contributed by atoms with Crippen LogP contribution in [0.25, 0.3) is 0 Å². The number of benzene rings is 1. The first-order valence-corrected chi connectivity index (χ1v) is 9.16. The molecule has 1 unspecified atom stereocenters. The lowest BCUT2D eigenvalue weighted by molar-refractivity contribution is 0.143. The molecule has 1 aromatic carbocycles. The summed E-state index contributed by atoms with van der Waals surface area (Å²) >= 11 is 0. The van der Waals surface area contributed by atoms with Gasteiger partial charge in [0.05, 0.1) is 20.8 Å². The summed E-state index contributed by atoms with van der Waals surface area (Å²) < 4.78 is 15.9. The summed E-state index contributed by atoms with van der Waals surface area (Å²) in [4.78, 5) is 4.47. The van der Waals surface area contributed by atoms with Crippen LogP contribution in [0.2, 0.25) is 0 Å². The van der Waals surface area contributed by atoms with Crippen LogP contribution in [0.3, 0.4) is 0 Å². The predicted molar refractivity (Wildman–Crippen MR) is 104 cm³/mol. The second kappa shape index (κ2) is 13.2. The molecule has 0 aliphatic heterocycles. The number of unbranched alkanes of at least 4 members (excludes halogenated alkanes) is 1. The maximum atomic E-state index is 10.5. The highest BCUT2D eigenvalue weighted by Gasteiger charge is 2.14. The van der Waals surface area contributed by atoms with Crippen molar-refractivity contribution in [2.45, 2.75) is 32.8 Å². The molecule has 0 radical (unpaired) electrons. The van der Waals surface area contributed by atoms with Gasteiger partial charge in [0.15, 0.2) is 5.96 Å². The number of methoxy groups -OCH3 is 2. The van der Waals surface area contributed by atoms with Crippen molar-refractivity contribution in [3.05, 3.63) is 23.8 Å². The van der Waals surface area contributed by atoms with Gasteiger partial charge in [0.2, 0.25) is 0 Å². The average Bonchev–Trinajstić information content (AvgIpc) is 2.67. The molecule has 3 N–H and O–H groups in total. The Labute approximate surface area is 156 Å². The van der Waals surface area contributed by atoms with Crippen LogP contribution >= 0.6 is 0 Å². The molecule has 0 aliphatic rings. The molecule has 0 amide bonds. The van der Waals surface area contributed by atoms with E-state index in [1.54, 1.807) is 32.4 Å². The highest BCUT2D eigenvalue weighted by atomic mass is 16.5. The molecule has 1 aromatic rings. The molecule has 0 heterocycles. The molecule has 1 atom stereocenters. The van der Waals surface area contributed by atoms with Gasteiger partial charge in [-0.25, -0.2) is 0 Å². The Balaban J connectivity index is 2.62. The minimum absolute atomic E-state index is 0.220. The number of aliphatic hydroxyl groups is 1. The van der Waals surface area contributed by atoms with Crippen LogP contribution in [0.15, 0.2) is 23.2 Å². The van der Waals surface area contributed by atoms with Gasteiger partial charge in [0, 0.05) is 31.9 Å². The van der Waals surface area contributed by atoms with E-state index >= 15 is 0 Å². The van der Waals surface area contributed by atoms with E-state index < -0.39 is 6.10 Å². The number of hydrogen-bond donors (Lipinski definition) is 3. The van der Waals surface area contributed by atoms with Gasteiger partial charge < -0.3 is 30.0 Å². The molecule has 0 aliphatic carbocycles. The van der Waals surface area contributed by atoms with Crippen LogP contribution in [0.1, 0.15) is 38.4 Å². The molecule has 7 nitrogen and oxygen atoms in total. The summed E-state index contributed by atoms with van der Waals surface area (Å²) in [7, 11) is 3.17. The topological polar surface area (TPSA) is 84.3 Å². The highest BCUT2D eigenvalue weighted by Crippen LogP contribution is 2.29. The summed E-state index contributed by atoms with van der Waals surface area (Å²) in [6.07, 6.45) is 1.22. The third-order valence-corrected chi connectivity index (χ3v) is 3.77. The Kier molecular flexibility index (Phi) is 11.2. The Bertz CT molecular complexity index is 538. The highest BCUT2D eigenvalue weighted by molar-refractivity contribution is 5.79. The van der Waals surface area contributed by atoms with Gasteiger partial charge in [-0.3, -0.25) is 4.99 Å². The summed E-state index contributed by atoms with van der Waals surface area (Å²) in [6, 6.07) is 5.35. The van der Waals surface area contributed by atoms with E-state index in [1.807, 2.05) is 13.8 Å². The quantitative estimate of drug-likeness (QED) is 0.298. The third kappa shape index (κ3) is 7.93. The molecule has 0 saturated carbocycles. The number of hydrogen-bond acceptors (Lipinski definition) is 5. The Morgan fingerprint density at radius 1 is 1.15 bits per heavy atom. The third-order valence-electron chi connectivity index (χ3n) is 3.77. The van der Waals surface area contributed by atoms with E-state index in [0.717, 1.165) is 39.1 Å². The minimum atomic E-state index is -0.784. The zero-order valence-corrected chi connectivity index (χ0v) is 16.4. The van der Waals surface area contributed by atoms with Crippen molar-refractivity contribution in [3.63, 3.8) is 0 Å². The van der Waals surface area contributed by atoms with E-state index in [0.29, 0.717) is 23.0 Å². The van der Waals surface area contributed by atoms with Gasteiger partial charge in [-0.2, -0.15) is 0 Å². The first-order chi connectivity index (χ1) is 12.7. The van der Waals surface area contributed by atoms with Gasteiger partial charge in [-0.15, -0.1) is 0 Å². The lowest BCUT2D eigenvalue weighted by atomic mass is 10.1. The standard InChI is InChI=1S/C19H33N3O4/c1-5-20-19(21-11-7-8-12-26-6-2)22-14-17(23)16-13-15(24-3)9-10-18(16)25-4/h9-10,13,17,23H,5-8,11-12,14H2,1-4H3,(H2,20,21,22). The molecule has 0 fully saturated rings. The fraction of sp³-hybridized carbons (Fsp3) is 0.632. The van der Waals surface area contributed by atoms with Crippen LogP contribution in [0, 0.1) is 0 Å². The maximum Gasteiger partial charge on any atom is 0.191 e. The molecular weight excluding hydrogens is 334 g/mol. The Morgan fingerprint density at radius 3 is 2.62 bits per heavy atom. The monoisotopic (exact) mass is 367 g/mol. The summed E-state index contributed by atoms with van der Waals surface area (Å²) in [5, 5.41) is 17.0. The fourth-order valence-corrected chi connectivity index (χ4v) is 2.40. The van der Waals surface area contributed by atoms with Crippen molar-refractivity contribution in [1.29, 1.82) is 0 Å². The largest absolute Gasteiger partial charge is 0.497 e. The predicted octanol–water partition coefficient (Wildman–Crippen LogP) is 2.11. The molecule has 1 rings (SSSR count). The maximum absolute atomic E-state index is 10.5. The van der Waals surface area contributed by atoms with Crippen LogP contribution in [0.5, 0.6) is 11.5 Å². The number of aliphatic imine (C=N–C) groups is 1. The van der Waals surface area contributed by atoms with E-state index in [4.69, 9.17) is 14.2 Å². The second-order valence-corrected chi connectivity index (χ2v) is 5.67. The van der Waals surface area contributed by atoms with E-state index in [-0.39, 0.29) is 6.54 Å². The van der Waals surface area contributed by atoms with Crippen LogP contribution < -0.4 is 20.1 Å². The number of rotatable bonds is 12. The number of ether oxygens (including phenoxy) is 3. The normalized spacial score (nSPS) is 12.6. The van der Waals surface area contributed by atoms with Crippen molar-refractivity contribution in [2.24, 2.45) is 4.99 Å². The zero-order chi connectivity index (χ0) is 19.2. The number of aliphatic hydroxyl groups excluding tert-OH is 1. The fourth-order valence-electron chi connectivity index (χ4n) is 2.40. The van der Waals surface area contributed by atoms with Gasteiger partial charge in [-0.1, -0.05) is 0 Å². The molecule has 0 aromatic heterocycles. The van der Waals surface area contributed by atoms with E-state index in [1.165, 1.54) is 0 Å². The van der Waals surface area contributed by atoms with Crippen LogP contribution in [-0.2, 0) is 4.74 Å². The Hall–Kier alpha value is -1.99. The van der Waals surface area contributed by atoms with Crippen molar-refractivity contribution in [1.82, 2.24) is 10.6 Å². The molecule has 0 spiro atoms. The van der Waals surface area contributed by atoms with E-state index in [9.17, 15) is 5.11 Å². The van der Waals surface area contributed by atoms with Gasteiger partial charge >= 0.3 is 0 Å². The number of nitrogens with zero attached hydrogens (tertiary/aromatic N) is 1. The first kappa shape index (κ1) is 22.1. The summed E-state index contributed by atoms with van der Waals surface area (Å²) in [6.45, 7) is 7.31. The summed E-state index contributed by atoms with van der Waals surface area (Å²) in [5.41, 5.74) is 0.656.